The molecule has 9 heteroatoms. The molecule has 0 unspecified atom stereocenters. The van der Waals surface area contributed by atoms with Crippen molar-refractivity contribution in [3.63, 3.8) is 0 Å². The summed E-state index contributed by atoms with van der Waals surface area (Å²) in [6.07, 6.45) is 8.06. The first-order chi connectivity index (χ1) is 15.4. The Bertz CT molecular complexity index is 807. The van der Waals surface area contributed by atoms with Crippen LogP contribution in [0.5, 0.6) is 0 Å². The van der Waals surface area contributed by atoms with Gasteiger partial charge in [-0.25, -0.2) is 0 Å². The van der Waals surface area contributed by atoms with Gasteiger partial charge in [-0.2, -0.15) is 0 Å². The van der Waals surface area contributed by atoms with E-state index in [4.69, 9.17) is 5.73 Å². The molecule has 0 aromatic heterocycles. The molecule has 0 aromatic carbocycles. The van der Waals surface area contributed by atoms with Gasteiger partial charge in [0.05, 0.1) is 0 Å². The fraction of sp³-hybridized carbons (Fsp3) is 0.826. The molecule has 3 amide bonds. The summed E-state index contributed by atoms with van der Waals surface area (Å²) in [6, 6.07) is 0.322. The average molecular weight is 507 g/mol. The van der Waals surface area contributed by atoms with Gasteiger partial charge in [-0.15, -0.1) is 0 Å². The number of nitrogens with zero attached hydrogens (tertiary/aromatic N) is 2. The number of nitriles is 1. The Balaban J connectivity index is 1.24. The summed E-state index contributed by atoms with van der Waals surface area (Å²) in [6.45, 7) is 0.616. The fourth-order valence-corrected chi connectivity index (χ4v) is 9.88. The van der Waals surface area contributed by atoms with Crippen molar-refractivity contribution >= 4 is 32.7 Å². The van der Waals surface area contributed by atoms with Gasteiger partial charge in [0.15, 0.2) is 0 Å². The number of nitrogens with one attached hydrogen (secondary N) is 2. The van der Waals surface area contributed by atoms with Gasteiger partial charge in [-0.05, 0) is 0 Å². The van der Waals surface area contributed by atoms with E-state index in [0.717, 1.165) is 19.3 Å². The number of nitrogens with two attached hydrogens (primary N) is 1. The van der Waals surface area contributed by atoms with Crippen LogP contribution in [0.15, 0.2) is 0 Å². The van der Waals surface area contributed by atoms with Crippen LogP contribution in [0.4, 0.5) is 0 Å². The van der Waals surface area contributed by atoms with Gasteiger partial charge in [-0.1, -0.05) is 0 Å². The van der Waals surface area contributed by atoms with E-state index in [1.54, 1.807) is 4.90 Å². The van der Waals surface area contributed by atoms with Gasteiger partial charge in [0.1, 0.15) is 0 Å². The molecular formula is C23H33N5O3Se. The number of carbonyl (C=O) groups excluding carboxylic acids is 3. The number of amides is 3. The van der Waals surface area contributed by atoms with Crippen LogP contribution in [0.25, 0.3) is 0 Å². The molecule has 4 aliphatic carbocycles. The molecule has 6 rings (SSSR count). The monoisotopic (exact) mass is 507 g/mol. The fourth-order valence-electron chi connectivity index (χ4n) is 7.44. The topological polar surface area (TPSA) is 128 Å². The van der Waals surface area contributed by atoms with Crippen LogP contribution >= 0.6 is 0 Å². The molecule has 6 fully saturated rings. The van der Waals surface area contributed by atoms with Crippen molar-refractivity contribution in [2.75, 3.05) is 12.0 Å². The van der Waals surface area contributed by atoms with E-state index in [9.17, 15) is 19.6 Å². The van der Waals surface area contributed by atoms with E-state index >= 15 is 0 Å². The second-order valence-electron chi connectivity index (χ2n) is 10.8. The second kappa shape index (κ2) is 8.62. The SMILES string of the molecule is N#C[C@H](C[C@@H]1CCNC1=O)NC(=O)[C@@H]1C[Se]CN1C(=O)[C@@H](N)C12CC3CC(CC(C3)C1)C2. The summed E-state index contributed by atoms with van der Waals surface area (Å²) in [5, 5.41) is 15.8. The number of carbonyl (C=O) groups is 3. The zero-order valence-corrected chi connectivity index (χ0v) is 20.1. The molecule has 6 aliphatic rings. The van der Waals surface area contributed by atoms with Crippen LogP contribution in [0, 0.1) is 40.4 Å². The molecule has 2 heterocycles. The van der Waals surface area contributed by atoms with Crippen LogP contribution < -0.4 is 16.4 Å². The molecule has 4 bridgehead atoms. The van der Waals surface area contributed by atoms with Crippen LogP contribution in [-0.4, -0.2) is 67.7 Å². The molecule has 0 radical (unpaired) electrons. The molecule has 0 spiro atoms. The minimum atomic E-state index is -0.724. The Morgan fingerprint density at radius 1 is 1.25 bits per heavy atom. The molecule has 32 heavy (non-hydrogen) atoms. The van der Waals surface area contributed by atoms with E-state index in [0.29, 0.717) is 47.9 Å². The Kier molecular flexibility index (Phi) is 5.98. The van der Waals surface area contributed by atoms with E-state index in [-0.39, 0.29) is 44.0 Å². The summed E-state index contributed by atoms with van der Waals surface area (Å²) >= 11 is 0.173. The third-order valence-electron chi connectivity index (χ3n) is 8.63. The molecule has 4 N–H and O–H groups in total. The molecular weight excluding hydrogens is 473 g/mol. The Morgan fingerprint density at radius 3 is 2.47 bits per heavy atom. The summed E-state index contributed by atoms with van der Waals surface area (Å²) in [4.78, 5) is 40.2. The van der Waals surface area contributed by atoms with Crippen molar-refractivity contribution in [2.24, 2.45) is 34.8 Å². The summed E-state index contributed by atoms with van der Waals surface area (Å²) in [7, 11) is 0. The molecule has 174 valence electrons. The van der Waals surface area contributed by atoms with E-state index in [1.165, 1.54) is 19.3 Å². The van der Waals surface area contributed by atoms with Crippen molar-refractivity contribution in [1.29, 1.82) is 5.26 Å². The first-order valence-corrected chi connectivity index (χ1v) is 14.4. The third kappa shape index (κ3) is 3.95. The maximum atomic E-state index is 13.6. The minimum absolute atomic E-state index is 0.0537. The quantitative estimate of drug-likeness (QED) is 0.448. The Morgan fingerprint density at radius 2 is 1.91 bits per heavy atom. The summed E-state index contributed by atoms with van der Waals surface area (Å²) in [5.41, 5.74) is 7.21. The predicted octanol–water partition coefficient (Wildman–Crippen LogP) is 0.355. The van der Waals surface area contributed by atoms with E-state index in [2.05, 4.69) is 16.7 Å². The van der Waals surface area contributed by atoms with Crippen molar-refractivity contribution in [3.8, 4) is 6.07 Å². The van der Waals surface area contributed by atoms with Crippen molar-refractivity contribution in [3.05, 3.63) is 0 Å². The number of rotatable bonds is 6. The molecule has 4 saturated carbocycles. The first kappa shape index (κ1) is 22.2. The van der Waals surface area contributed by atoms with Crippen molar-refractivity contribution in [1.82, 2.24) is 15.5 Å². The zero-order chi connectivity index (χ0) is 22.5. The molecule has 2 saturated heterocycles. The number of hydrogen-bond acceptors (Lipinski definition) is 5. The normalized spacial score (nSPS) is 39.4. The first-order valence-electron chi connectivity index (χ1n) is 12.0. The van der Waals surface area contributed by atoms with Crippen LogP contribution in [0.1, 0.15) is 51.4 Å². The maximum absolute atomic E-state index is 13.6. The molecule has 2 aliphatic heterocycles. The van der Waals surface area contributed by atoms with Gasteiger partial charge in [0, 0.05) is 0 Å². The molecule has 0 aromatic rings. The Labute approximate surface area is 195 Å². The van der Waals surface area contributed by atoms with Crippen LogP contribution in [0.2, 0.25) is 5.32 Å². The van der Waals surface area contributed by atoms with Gasteiger partial charge >= 0.3 is 196 Å². The summed E-state index contributed by atoms with van der Waals surface area (Å²) in [5.74, 6) is 1.50. The van der Waals surface area contributed by atoms with Gasteiger partial charge in [-0.3, -0.25) is 0 Å². The third-order valence-corrected chi connectivity index (χ3v) is 10.8. The van der Waals surface area contributed by atoms with Crippen LogP contribution in [-0.2, 0) is 14.4 Å². The predicted molar refractivity (Wildman–Crippen MR) is 118 cm³/mol. The average Bonchev–Trinajstić information content (AvgIpc) is 3.40. The van der Waals surface area contributed by atoms with E-state index in [1.807, 2.05) is 0 Å². The standard InChI is InChI=1S/C23H33N5O3Se/c24-10-17(6-16-1-2-26-20(16)29)27-21(30)18-11-32-12-28(18)22(31)19(25)23-7-13-3-14(8-23)5-15(4-13)9-23/h13-19H,1-9,11-12,25H2,(H,26,29)(H,27,30)/t13?,14?,15?,16-,17-,18-,19+,23?/m0/s1. The summed E-state index contributed by atoms with van der Waals surface area (Å²) < 4.78 is 0. The zero-order valence-electron chi connectivity index (χ0n) is 18.4. The Hall–Kier alpha value is -1.62. The van der Waals surface area contributed by atoms with Gasteiger partial charge < -0.3 is 0 Å². The number of hydrogen-bond donors (Lipinski definition) is 3. The van der Waals surface area contributed by atoms with Crippen molar-refractivity contribution in [2.45, 2.75) is 74.8 Å². The van der Waals surface area contributed by atoms with E-state index < -0.39 is 18.1 Å². The second-order valence-corrected chi connectivity index (χ2v) is 12.9. The van der Waals surface area contributed by atoms with Crippen molar-refractivity contribution < 1.29 is 14.4 Å². The molecule has 4 atom stereocenters. The van der Waals surface area contributed by atoms with Gasteiger partial charge in [0.2, 0.25) is 0 Å². The van der Waals surface area contributed by atoms with Gasteiger partial charge in [0.25, 0.3) is 0 Å². The van der Waals surface area contributed by atoms with Crippen LogP contribution in [0.3, 0.4) is 0 Å². The molecule has 8 nitrogen and oxygen atoms in total.